The topological polar surface area (TPSA) is 35.2 Å². The van der Waals surface area contributed by atoms with Crippen LogP contribution in [-0.4, -0.2) is 0 Å². The van der Waals surface area contributed by atoms with E-state index in [9.17, 15) is 8.78 Å². The molecule has 2 aromatic carbocycles. The summed E-state index contributed by atoms with van der Waals surface area (Å²) in [7, 11) is 0. The third-order valence-electron chi connectivity index (χ3n) is 3.37. The standard InChI is InChI=1S/C15H13F2NO/c16-9-5-6-10(12(17)7-9)15-8-13(18)11-3-1-2-4-14(11)19-15/h1-7,13,15H,8,18H2. The number of benzene rings is 2. The average molecular weight is 261 g/mol. The van der Waals surface area contributed by atoms with Crippen LogP contribution in [-0.2, 0) is 0 Å². The maximum absolute atomic E-state index is 13.8. The molecule has 19 heavy (non-hydrogen) atoms. The molecule has 4 heteroatoms. The number of ether oxygens (including phenoxy) is 1. The van der Waals surface area contributed by atoms with Crippen LogP contribution < -0.4 is 10.5 Å². The van der Waals surface area contributed by atoms with Crippen LogP contribution in [0, 0.1) is 11.6 Å². The van der Waals surface area contributed by atoms with Crippen molar-refractivity contribution in [2.75, 3.05) is 0 Å². The molecule has 0 spiro atoms. The molecule has 1 aliphatic heterocycles. The lowest BCUT2D eigenvalue weighted by atomic mass is 9.93. The molecule has 2 unspecified atom stereocenters. The summed E-state index contributed by atoms with van der Waals surface area (Å²) in [5.41, 5.74) is 7.33. The molecule has 0 aliphatic carbocycles. The maximum Gasteiger partial charge on any atom is 0.133 e. The molecule has 2 nitrogen and oxygen atoms in total. The van der Waals surface area contributed by atoms with Crippen LogP contribution in [0.5, 0.6) is 5.75 Å². The van der Waals surface area contributed by atoms with Gasteiger partial charge in [-0.25, -0.2) is 8.78 Å². The van der Waals surface area contributed by atoms with Crippen LogP contribution >= 0.6 is 0 Å². The van der Waals surface area contributed by atoms with Crippen LogP contribution in [0.15, 0.2) is 42.5 Å². The van der Waals surface area contributed by atoms with Crippen molar-refractivity contribution in [1.29, 1.82) is 0 Å². The van der Waals surface area contributed by atoms with Crippen LogP contribution in [0.25, 0.3) is 0 Å². The van der Waals surface area contributed by atoms with E-state index in [-0.39, 0.29) is 6.04 Å². The van der Waals surface area contributed by atoms with E-state index in [1.165, 1.54) is 12.1 Å². The van der Waals surface area contributed by atoms with Crippen molar-refractivity contribution in [1.82, 2.24) is 0 Å². The van der Waals surface area contributed by atoms with Gasteiger partial charge in [-0.15, -0.1) is 0 Å². The third-order valence-corrected chi connectivity index (χ3v) is 3.37. The third kappa shape index (κ3) is 2.19. The minimum Gasteiger partial charge on any atom is -0.485 e. The fraction of sp³-hybridized carbons (Fsp3) is 0.200. The Morgan fingerprint density at radius 2 is 1.84 bits per heavy atom. The zero-order chi connectivity index (χ0) is 13.4. The average Bonchev–Trinajstić information content (AvgIpc) is 2.38. The second-order valence-corrected chi connectivity index (χ2v) is 4.65. The van der Waals surface area contributed by atoms with Crippen molar-refractivity contribution >= 4 is 0 Å². The molecular formula is C15H13F2NO. The summed E-state index contributed by atoms with van der Waals surface area (Å²) in [6.45, 7) is 0. The highest BCUT2D eigenvalue weighted by Gasteiger charge is 2.28. The maximum atomic E-state index is 13.8. The van der Waals surface area contributed by atoms with Crippen molar-refractivity contribution in [2.45, 2.75) is 18.6 Å². The first-order chi connectivity index (χ1) is 9.15. The first-order valence-corrected chi connectivity index (χ1v) is 6.11. The van der Waals surface area contributed by atoms with E-state index in [0.29, 0.717) is 17.7 Å². The van der Waals surface area contributed by atoms with Gasteiger partial charge in [0.25, 0.3) is 0 Å². The predicted octanol–water partition coefficient (Wildman–Crippen LogP) is 3.49. The molecule has 98 valence electrons. The number of rotatable bonds is 1. The molecule has 0 saturated heterocycles. The summed E-state index contributed by atoms with van der Waals surface area (Å²) >= 11 is 0. The summed E-state index contributed by atoms with van der Waals surface area (Å²) in [6, 6.07) is 10.7. The van der Waals surface area contributed by atoms with Gasteiger partial charge in [0.2, 0.25) is 0 Å². The van der Waals surface area contributed by atoms with E-state index in [2.05, 4.69) is 0 Å². The number of halogens is 2. The molecule has 2 atom stereocenters. The van der Waals surface area contributed by atoms with Crippen molar-refractivity contribution in [3.63, 3.8) is 0 Å². The van der Waals surface area contributed by atoms with Crippen LogP contribution in [0.1, 0.15) is 29.7 Å². The number of fused-ring (bicyclic) bond motifs is 1. The second kappa shape index (κ2) is 4.63. The minimum absolute atomic E-state index is 0.209. The molecule has 0 fully saturated rings. The Morgan fingerprint density at radius 3 is 2.63 bits per heavy atom. The molecule has 0 bridgehead atoms. The molecule has 0 saturated carbocycles. The van der Waals surface area contributed by atoms with Gasteiger partial charge in [0.1, 0.15) is 23.5 Å². The monoisotopic (exact) mass is 261 g/mol. The van der Waals surface area contributed by atoms with Crippen LogP contribution in [0.2, 0.25) is 0 Å². The largest absolute Gasteiger partial charge is 0.485 e. The van der Waals surface area contributed by atoms with E-state index in [1.54, 1.807) is 0 Å². The molecular weight excluding hydrogens is 248 g/mol. The van der Waals surface area contributed by atoms with Gasteiger partial charge in [-0.3, -0.25) is 0 Å². The Labute approximate surface area is 109 Å². The Hall–Kier alpha value is -1.94. The summed E-state index contributed by atoms with van der Waals surface area (Å²) in [5, 5.41) is 0. The first kappa shape index (κ1) is 12.1. The molecule has 1 aliphatic rings. The number of hydrogen-bond donors (Lipinski definition) is 1. The fourth-order valence-corrected chi connectivity index (χ4v) is 2.41. The van der Waals surface area contributed by atoms with E-state index < -0.39 is 17.7 Å². The van der Waals surface area contributed by atoms with E-state index >= 15 is 0 Å². The van der Waals surface area contributed by atoms with Crippen molar-refractivity contribution < 1.29 is 13.5 Å². The van der Waals surface area contributed by atoms with Crippen LogP contribution in [0.3, 0.4) is 0 Å². The normalized spacial score (nSPS) is 21.6. The summed E-state index contributed by atoms with van der Waals surface area (Å²) in [6.07, 6.45) is -0.00923. The van der Waals surface area contributed by atoms with Gasteiger partial charge in [-0.2, -0.15) is 0 Å². The van der Waals surface area contributed by atoms with E-state index in [0.717, 1.165) is 11.6 Å². The van der Waals surface area contributed by atoms with E-state index in [4.69, 9.17) is 10.5 Å². The molecule has 2 aromatic rings. The summed E-state index contributed by atoms with van der Waals surface area (Å²) < 4.78 is 32.5. The number of nitrogens with two attached hydrogens (primary N) is 1. The molecule has 0 aromatic heterocycles. The Morgan fingerprint density at radius 1 is 1.05 bits per heavy atom. The van der Waals surface area contributed by atoms with Crippen molar-refractivity contribution in [3.05, 3.63) is 65.2 Å². The van der Waals surface area contributed by atoms with Gasteiger partial charge < -0.3 is 10.5 Å². The number of hydrogen-bond acceptors (Lipinski definition) is 2. The Balaban J connectivity index is 1.97. The highest BCUT2D eigenvalue weighted by atomic mass is 19.1. The van der Waals surface area contributed by atoms with Gasteiger partial charge in [-0.1, -0.05) is 18.2 Å². The predicted molar refractivity (Wildman–Crippen MR) is 67.7 cm³/mol. The minimum atomic E-state index is -0.600. The van der Waals surface area contributed by atoms with Gasteiger partial charge in [0, 0.05) is 29.7 Å². The molecule has 1 heterocycles. The molecule has 2 N–H and O–H groups in total. The lowest BCUT2D eigenvalue weighted by Gasteiger charge is -2.30. The van der Waals surface area contributed by atoms with Crippen molar-refractivity contribution in [3.8, 4) is 5.75 Å². The quantitative estimate of drug-likeness (QED) is 0.852. The Bertz CT molecular complexity index is 615. The van der Waals surface area contributed by atoms with Gasteiger partial charge in [0.05, 0.1) is 0 Å². The lowest BCUT2D eigenvalue weighted by molar-refractivity contribution is 0.157. The summed E-state index contributed by atoms with van der Waals surface area (Å²) in [5.74, 6) is -0.534. The SMILES string of the molecule is NC1CC(c2ccc(F)cc2F)Oc2ccccc21. The van der Waals surface area contributed by atoms with Gasteiger partial charge in [-0.05, 0) is 18.2 Å². The highest BCUT2D eigenvalue weighted by Crippen LogP contribution is 2.39. The zero-order valence-corrected chi connectivity index (χ0v) is 10.1. The summed E-state index contributed by atoms with van der Waals surface area (Å²) in [4.78, 5) is 0. The van der Waals surface area contributed by atoms with Gasteiger partial charge in [0.15, 0.2) is 0 Å². The van der Waals surface area contributed by atoms with Crippen LogP contribution in [0.4, 0.5) is 8.78 Å². The first-order valence-electron chi connectivity index (χ1n) is 6.11. The zero-order valence-electron chi connectivity index (χ0n) is 10.1. The molecule has 3 rings (SSSR count). The lowest BCUT2D eigenvalue weighted by Crippen LogP contribution is -2.24. The van der Waals surface area contributed by atoms with E-state index in [1.807, 2.05) is 24.3 Å². The second-order valence-electron chi connectivity index (χ2n) is 4.65. The Kier molecular flexibility index (Phi) is 2.95. The van der Waals surface area contributed by atoms with Gasteiger partial charge >= 0.3 is 0 Å². The number of para-hydroxylation sites is 1. The van der Waals surface area contributed by atoms with Crippen molar-refractivity contribution in [2.24, 2.45) is 5.73 Å². The highest BCUT2D eigenvalue weighted by molar-refractivity contribution is 5.39. The fourth-order valence-electron chi connectivity index (χ4n) is 2.41. The molecule has 0 amide bonds. The smallest absolute Gasteiger partial charge is 0.133 e. The molecule has 0 radical (unpaired) electrons.